The highest BCUT2D eigenvalue weighted by molar-refractivity contribution is 5.83. The summed E-state index contributed by atoms with van der Waals surface area (Å²) in [6, 6.07) is 22.8. The van der Waals surface area contributed by atoms with Crippen LogP contribution in [0.3, 0.4) is 0 Å². The number of hydrogen-bond donors (Lipinski definition) is 2. The number of ether oxygens (including phenoxy) is 1. The van der Waals surface area contributed by atoms with Gasteiger partial charge in [-0.2, -0.15) is 0 Å². The second-order valence-corrected chi connectivity index (χ2v) is 9.28. The summed E-state index contributed by atoms with van der Waals surface area (Å²) in [5, 5.41) is 5.80. The van der Waals surface area contributed by atoms with Crippen LogP contribution < -0.4 is 10.6 Å². The Hall–Kier alpha value is -3.93. The molecule has 0 fully saturated rings. The molecule has 0 aliphatic heterocycles. The highest BCUT2D eigenvalue weighted by Gasteiger charge is 2.21. The number of carbonyl (C=O) groups is 3. The van der Waals surface area contributed by atoms with Gasteiger partial charge in [0, 0.05) is 19.5 Å². The Balaban J connectivity index is 1.17. The van der Waals surface area contributed by atoms with Crippen molar-refractivity contribution < 1.29 is 19.1 Å². The van der Waals surface area contributed by atoms with Crippen LogP contribution in [-0.2, 0) is 44.8 Å². The summed E-state index contributed by atoms with van der Waals surface area (Å²) >= 11 is 0. The van der Waals surface area contributed by atoms with E-state index >= 15 is 0 Å². The van der Waals surface area contributed by atoms with E-state index in [0.717, 1.165) is 29.5 Å². The molecule has 3 aromatic rings. The summed E-state index contributed by atoms with van der Waals surface area (Å²) in [5.41, 5.74) is 8.42. The molecule has 0 saturated heterocycles. The van der Waals surface area contributed by atoms with E-state index in [4.69, 9.17) is 4.74 Å². The van der Waals surface area contributed by atoms with Gasteiger partial charge in [-0.1, -0.05) is 66.7 Å². The maximum atomic E-state index is 12.6. The number of esters is 1. The van der Waals surface area contributed by atoms with Crippen molar-refractivity contribution in [3.05, 3.63) is 94.5 Å². The number of aryl methyl sites for hydroxylation is 1. The molecule has 0 radical (unpaired) electrons. The number of nitrogens with one attached hydrogen (secondary N) is 2. The molecule has 2 amide bonds. The van der Waals surface area contributed by atoms with Gasteiger partial charge in [0.25, 0.3) is 0 Å². The summed E-state index contributed by atoms with van der Waals surface area (Å²) in [4.78, 5) is 35.9. The fraction of sp³-hybridized carbons (Fsp3) is 0.323. The predicted octanol–water partition coefficient (Wildman–Crippen LogP) is 4.16. The molecule has 0 aromatic heterocycles. The molecule has 3 aromatic carbocycles. The van der Waals surface area contributed by atoms with Crippen molar-refractivity contribution in [2.45, 2.75) is 45.4 Å². The Bertz CT molecular complexity index is 1250. The number of carbonyl (C=O) groups excluding carboxylic acids is 3. The van der Waals surface area contributed by atoms with Gasteiger partial charge in [-0.15, -0.1) is 0 Å². The van der Waals surface area contributed by atoms with Crippen LogP contribution >= 0.6 is 0 Å². The van der Waals surface area contributed by atoms with Crippen molar-refractivity contribution in [1.29, 1.82) is 0 Å². The van der Waals surface area contributed by atoms with Gasteiger partial charge in [0.05, 0.1) is 19.4 Å². The van der Waals surface area contributed by atoms with Crippen LogP contribution in [0.15, 0.2) is 66.7 Å². The van der Waals surface area contributed by atoms with Crippen molar-refractivity contribution in [2.75, 3.05) is 19.7 Å². The third-order valence-corrected chi connectivity index (χ3v) is 6.65. The fourth-order valence-corrected chi connectivity index (χ4v) is 4.73. The highest BCUT2D eigenvalue weighted by atomic mass is 16.5. The quantitative estimate of drug-likeness (QED) is 0.287. The van der Waals surface area contributed by atoms with Crippen LogP contribution in [0, 0.1) is 0 Å². The Kier molecular flexibility index (Phi) is 9.08. The Morgan fingerprint density at radius 1 is 0.757 bits per heavy atom. The van der Waals surface area contributed by atoms with E-state index in [2.05, 4.69) is 47.0 Å². The molecule has 2 N–H and O–H groups in total. The topological polar surface area (TPSA) is 84.5 Å². The number of fused-ring (bicyclic) bond motifs is 3. The van der Waals surface area contributed by atoms with E-state index in [1.165, 1.54) is 22.3 Å². The number of hydrogen-bond acceptors (Lipinski definition) is 4. The molecule has 1 aliphatic carbocycles. The summed E-state index contributed by atoms with van der Waals surface area (Å²) in [6.45, 7) is 2.98. The molecule has 0 spiro atoms. The minimum absolute atomic E-state index is 0.0370. The van der Waals surface area contributed by atoms with E-state index in [-0.39, 0.29) is 24.2 Å². The molecule has 0 saturated carbocycles. The Labute approximate surface area is 218 Å². The molecule has 0 unspecified atom stereocenters. The lowest BCUT2D eigenvalue weighted by Gasteiger charge is -2.10. The standard InChI is InChI=1S/C31H34N2O4/c1-2-37-31(36)17-19-32-29(34)15-14-22-10-12-23(13-11-22)16-18-33-30(35)21-25-7-5-9-27-26-8-4-3-6-24(26)20-28(25)27/h3-13H,2,14-21H2,1H3,(H,32,34)(H,33,35). The second kappa shape index (κ2) is 12.9. The SMILES string of the molecule is CCOC(=O)CCNC(=O)CCc1ccc(CCNC(=O)Cc2cccc3c2Cc2ccccc2-3)cc1. The van der Waals surface area contributed by atoms with Crippen molar-refractivity contribution in [3.63, 3.8) is 0 Å². The van der Waals surface area contributed by atoms with Gasteiger partial charge >= 0.3 is 5.97 Å². The van der Waals surface area contributed by atoms with Crippen LogP contribution in [0.25, 0.3) is 11.1 Å². The second-order valence-electron chi connectivity index (χ2n) is 9.28. The third-order valence-electron chi connectivity index (χ3n) is 6.65. The molecule has 37 heavy (non-hydrogen) atoms. The molecular weight excluding hydrogens is 464 g/mol. The van der Waals surface area contributed by atoms with E-state index in [9.17, 15) is 14.4 Å². The smallest absolute Gasteiger partial charge is 0.307 e. The van der Waals surface area contributed by atoms with Crippen molar-refractivity contribution >= 4 is 17.8 Å². The van der Waals surface area contributed by atoms with Crippen LogP contribution in [-0.4, -0.2) is 37.5 Å². The molecule has 192 valence electrons. The molecule has 6 nitrogen and oxygen atoms in total. The summed E-state index contributed by atoms with van der Waals surface area (Å²) in [7, 11) is 0. The lowest BCUT2D eigenvalue weighted by molar-refractivity contribution is -0.143. The van der Waals surface area contributed by atoms with E-state index < -0.39 is 0 Å². The molecule has 1 aliphatic rings. The van der Waals surface area contributed by atoms with Crippen LogP contribution in [0.4, 0.5) is 0 Å². The Morgan fingerprint density at radius 3 is 2.24 bits per heavy atom. The highest BCUT2D eigenvalue weighted by Crippen LogP contribution is 2.38. The van der Waals surface area contributed by atoms with E-state index in [1.807, 2.05) is 30.3 Å². The number of benzene rings is 3. The minimum Gasteiger partial charge on any atom is -0.466 e. The normalized spacial score (nSPS) is 11.4. The fourth-order valence-electron chi connectivity index (χ4n) is 4.73. The lowest BCUT2D eigenvalue weighted by atomic mass is 9.99. The monoisotopic (exact) mass is 498 g/mol. The molecule has 0 atom stereocenters. The van der Waals surface area contributed by atoms with E-state index in [0.29, 0.717) is 39.0 Å². The largest absolute Gasteiger partial charge is 0.466 e. The summed E-state index contributed by atoms with van der Waals surface area (Å²) < 4.78 is 4.85. The van der Waals surface area contributed by atoms with Crippen LogP contribution in [0.5, 0.6) is 0 Å². The first kappa shape index (κ1) is 26.1. The Morgan fingerprint density at radius 2 is 1.46 bits per heavy atom. The van der Waals surface area contributed by atoms with Gasteiger partial charge in [0.2, 0.25) is 11.8 Å². The van der Waals surface area contributed by atoms with Crippen molar-refractivity contribution in [3.8, 4) is 11.1 Å². The first-order chi connectivity index (χ1) is 18.0. The minimum atomic E-state index is -0.302. The van der Waals surface area contributed by atoms with Gasteiger partial charge < -0.3 is 15.4 Å². The summed E-state index contributed by atoms with van der Waals surface area (Å²) in [6.07, 6.45) is 3.21. The average molecular weight is 499 g/mol. The van der Waals surface area contributed by atoms with Crippen molar-refractivity contribution in [1.82, 2.24) is 10.6 Å². The molecule has 4 rings (SSSR count). The molecule has 6 heteroatoms. The van der Waals surface area contributed by atoms with Crippen LogP contribution in [0.1, 0.15) is 47.6 Å². The zero-order valence-electron chi connectivity index (χ0n) is 21.3. The number of rotatable bonds is 12. The first-order valence-electron chi connectivity index (χ1n) is 13.0. The first-order valence-corrected chi connectivity index (χ1v) is 13.0. The van der Waals surface area contributed by atoms with Gasteiger partial charge in [-0.05, 0) is 65.1 Å². The maximum absolute atomic E-state index is 12.6. The molecule has 0 heterocycles. The van der Waals surface area contributed by atoms with E-state index in [1.54, 1.807) is 6.92 Å². The van der Waals surface area contributed by atoms with Gasteiger partial charge in [0.1, 0.15) is 0 Å². The molecule has 0 bridgehead atoms. The average Bonchev–Trinajstić information content (AvgIpc) is 3.28. The maximum Gasteiger partial charge on any atom is 0.307 e. The van der Waals surface area contributed by atoms with Crippen molar-refractivity contribution in [2.24, 2.45) is 0 Å². The predicted molar refractivity (Wildman–Crippen MR) is 144 cm³/mol. The van der Waals surface area contributed by atoms with Gasteiger partial charge in [0.15, 0.2) is 0 Å². The van der Waals surface area contributed by atoms with Crippen LogP contribution in [0.2, 0.25) is 0 Å². The van der Waals surface area contributed by atoms with Gasteiger partial charge in [-0.3, -0.25) is 14.4 Å². The third kappa shape index (κ3) is 7.29. The zero-order chi connectivity index (χ0) is 26.0. The summed E-state index contributed by atoms with van der Waals surface area (Å²) in [5.74, 6) is -0.344. The van der Waals surface area contributed by atoms with Gasteiger partial charge in [-0.25, -0.2) is 0 Å². The molecular formula is C31H34N2O4. The zero-order valence-corrected chi connectivity index (χ0v) is 21.3. The number of amides is 2. The lowest BCUT2D eigenvalue weighted by Crippen LogP contribution is -2.27.